The molecule has 0 aromatic carbocycles. The third-order valence-corrected chi connectivity index (χ3v) is 2.68. The monoisotopic (exact) mass is 253 g/mol. The minimum atomic E-state index is 0.685. The van der Waals surface area contributed by atoms with Crippen LogP contribution in [-0.4, -0.2) is 25.1 Å². The number of anilines is 1. The van der Waals surface area contributed by atoms with E-state index in [1.165, 1.54) is 0 Å². The summed E-state index contributed by atoms with van der Waals surface area (Å²) in [5.41, 5.74) is 1.11. The summed E-state index contributed by atoms with van der Waals surface area (Å²) in [4.78, 5) is 6.35. The zero-order chi connectivity index (χ0) is 12.7. The predicted molar refractivity (Wildman–Crippen MR) is 74.7 cm³/mol. The molecule has 3 nitrogen and oxygen atoms in total. The van der Waals surface area contributed by atoms with Gasteiger partial charge in [0.2, 0.25) is 0 Å². The molecule has 1 heterocycles. The lowest BCUT2D eigenvalue weighted by Gasteiger charge is -2.17. The molecule has 17 heavy (non-hydrogen) atoms. The summed E-state index contributed by atoms with van der Waals surface area (Å²) < 4.78 is 0. The van der Waals surface area contributed by atoms with E-state index >= 15 is 0 Å². The fourth-order valence-electron chi connectivity index (χ4n) is 1.54. The molecular weight excluding hydrogens is 234 g/mol. The van der Waals surface area contributed by atoms with Crippen LogP contribution in [0.3, 0.4) is 0 Å². The summed E-state index contributed by atoms with van der Waals surface area (Å²) >= 11 is 6.21. The molecule has 0 fully saturated rings. The van der Waals surface area contributed by atoms with Gasteiger partial charge in [-0.05, 0) is 24.6 Å². The summed E-state index contributed by atoms with van der Waals surface area (Å²) in [6.45, 7) is 8.40. The highest BCUT2D eigenvalue weighted by Gasteiger charge is 2.07. The van der Waals surface area contributed by atoms with Crippen LogP contribution in [0.5, 0.6) is 0 Å². The van der Waals surface area contributed by atoms with Crippen LogP contribution in [0, 0.1) is 0 Å². The molecule has 0 saturated heterocycles. The molecular formula is C13H20ClN3. The Kier molecular flexibility index (Phi) is 6.01. The highest BCUT2D eigenvalue weighted by molar-refractivity contribution is 6.33. The van der Waals surface area contributed by atoms with Crippen LogP contribution in [0.1, 0.15) is 18.9 Å². The number of pyridine rings is 1. The Labute approximate surface area is 108 Å². The third kappa shape index (κ3) is 4.36. The largest absolute Gasteiger partial charge is 0.355 e. The Balaban J connectivity index is 2.68. The Morgan fingerprint density at radius 1 is 1.59 bits per heavy atom. The lowest BCUT2D eigenvalue weighted by atomic mass is 10.2. The van der Waals surface area contributed by atoms with Gasteiger partial charge in [0.1, 0.15) is 5.82 Å². The average molecular weight is 254 g/mol. The number of nitrogens with zero attached hydrogens (tertiary/aromatic N) is 2. The fourth-order valence-corrected chi connectivity index (χ4v) is 1.87. The number of halogens is 1. The van der Waals surface area contributed by atoms with E-state index in [2.05, 4.69) is 23.8 Å². The number of rotatable bonds is 7. The topological polar surface area (TPSA) is 28.2 Å². The van der Waals surface area contributed by atoms with Gasteiger partial charge in [0, 0.05) is 26.3 Å². The van der Waals surface area contributed by atoms with Crippen LogP contribution in [0.15, 0.2) is 24.9 Å². The van der Waals surface area contributed by atoms with E-state index in [0.717, 1.165) is 37.4 Å². The molecule has 4 heteroatoms. The van der Waals surface area contributed by atoms with Gasteiger partial charge in [0.05, 0.1) is 5.02 Å². The molecule has 0 aliphatic carbocycles. The van der Waals surface area contributed by atoms with Gasteiger partial charge in [-0.25, -0.2) is 4.98 Å². The van der Waals surface area contributed by atoms with Crippen molar-refractivity contribution in [3.8, 4) is 0 Å². The average Bonchev–Trinajstić information content (AvgIpc) is 2.29. The molecule has 0 amide bonds. The lowest BCUT2D eigenvalue weighted by Crippen LogP contribution is -2.19. The van der Waals surface area contributed by atoms with Gasteiger partial charge in [-0.3, -0.25) is 0 Å². The van der Waals surface area contributed by atoms with Crippen molar-refractivity contribution in [3.05, 3.63) is 35.5 Å². The quantitative estimate of drug-likeness (QED) is 0.598. The van der Waals surface area contributed by atoms with Crippen LogP contribution >= 0.6 is 11.6 Å². The fraction of sp³-hybridized carbons (Fsp3) is 0.462. The number of hydrogen-bond donors (Lipinski definition) is 1. The van der Waals surface area contributed by atoms with Crippen molar-refractivity contribution < 1.29 is 0 Å². The van der Waals surface area contributed by atoms with Gasteiger partial charge < -0.3 is 10.2 Å². The van der Waals surface area contributed by atoms with Gasteiger partial charge in [0.15, 0.2) is 0 Å². The molecule has 0 spiro atoms. The second kappa shape index (κ2) is 7.30. The van der Waals surface area contributed by atoms with E-state index in [0.29, 0.717) is 5.02 Å². The molecule has 1 aromatic rings. The molecule has 0 bridgehead atoms. The smallest absolute Gasteiger partial charge is 0.147 e. The first-order valence-electron chi connectivity index (χ1n) is 5.86. The molecule has 0 saturated carbocycles. The van der Waals surface area contributed by atoms with Crippen molar-refractivity contribution >= 4 is 17.4 Å². The Morgan fingerprint density at radius 2 is 2.35 bits per heavy atom. The van der Waals surface area contributed by atoms with E-state index < -0.39 is 0 Å². The molecule has 1 rings (SSSR count). The molecule has 94 valence electrons. The first-order chi connectivity index (χ1) is 8.19. The van der Waals surface area contributed by atoms with Gasteiger partial charge in [-0.2, -0.15) is 0 Å². The standard InChI is InChI=1S/C13H20ClN3/c1-4-6-15-9-11-8-12(14)13(16-10-11)17(3)7-5-2/h5,8,10,15H,2,4,6-7,9H2,1,3H3. The highest BCUT2D eigenvalue weighted by Crippen LogP contribution is 2.22. The van der Waals surface area contributed by atoms with Gasteiger partial charge in [-0.1, -0.05) is 24.6 Å². The van der Waals surface area contributed by atoms with Crippen LogP contribution in [-0.2, 0) is 6.54 Å². The minimum Gasteiger partial charge on any atom is -0.355 e. The second-order valence-corrected chi connectivity index (χ2v) is 4.40. The Bertz CT molecular complexity index is 366. The summed E-state index contributed by atoms with van der Waals surface area (Å²) in [6, 6.07) is 1.96. The van der Waals surface area contributed by atoms with E-state index in [4.69, 9.17) is 11.6 Å². The Morgan fingerprint density at radius 3 is 2.94 bits per heavy atom. The zero-order valence-corrected chi connectivity index (χ0v) is 11.3. The van der Waals surface area contributed by atoms with E-state index in [1.54, 1.807) is 0 Å². The van der Waals surface area contributed by atoms with E-state index in [9.17, 15) is 0 Å². The van der Waals surface area contributed by atoms with Crippen molar-refractivity contribution in [2.75, 3.05) is 25.0 Å². The first-order valence-corrected chi connectivity index (χ1v) is 6.24. The van der Waals surface area contributed by atoms with Crippen molar-refractivity contribution in [2.45, 2.75) is 19.9 Å². The molecule has 0 atom stereocenters. The van der Waals surface area contributed by atoms with Crippen molar-refractivity contribution in [2.24, 2.45) is 0 Å². The summed E-state index contributed by atoms with van der Waals surface area (Å²) in [7, 11) is 1.95. The zero-order valence-electron chi connectivity index (χ0n) is 10.5. The molecule has 0 unspecified atom stereocenters. The van der Waals surface area contributed by atoms with Crippen LogP contribution in [0.4, 0.5) is 5.82 Å². The van der Waals surface area contributed by atoms with E-state index in [1.807, 2.05) is 30.3 Å². The number of aromatic nitrogens is 1. The molecule has 0 radical (unpaired) electrons. The summed E-state index contributed by atoms with van der Waals surface area (Å²) in [6.07, 6.45) is 4.82. The number of hydrogen-bond acceptors (Lipinski definition) is 3. The summed E-state index contributed by atoms with van der Waals surface area (Å²) in [5, 5.41) is 4.01. The van der Waals surface area contributed by atoms with E-state index in [-0.39, 0.29) is 0 Å². The number of nitrogens with one attached hydrogen (secondary N) is 1. The van der Waals surface area contributed by atoms with Crippen LogP contribution in [0.2, 0.25) is 5.02 Å². The van der Waals surface area contributed by atoms with Gasteiger partial charge in [0.25, 0.3) is 0 Å². The first kappa shape index (κ1) is 14.0. The molecule has 0 aliphatic heterocycles. The van der Waals surface area contributed by atoms with Crippen molar-refractivity contribution in [1.29, 1.82) is 0 Å². The Hall–Kier alpha value is -1.06. The van der Waals surface area contributed by atoms with Crippen LogP contribution < -0.4 is 10.2 Å². The third-order valence-electron chi connectivity index (χ3n) is 2.40. The SMILES string of the molecule is C=CCN(C)c1ncc(CNCCC)cc1Cl. The molecule has 0 aliphatic rings. The van der Waals surface area contributed by atoms with Crippen molar-refractivity contribution in [1.82, 2.24) is 10.3 Å². The predicted octanol–water partition coefficient (Wildman–Crippen LogP) is 2.86. The maximum atomic E-state index is 6.21. The van der Waals surface area contributed by atoms with Gasteiger partial charge >= 0.3 is 0 Å². The lowest BCUT2D eigenvalue weighted by molar-refractivity contribution is 0.674. The maximum absolute atomic E-state index is 6.21. The molecule has 1 aromatic heterocycles. The number of likely N-dealkylation sites (N-methyl/N-ethyl adjacent to an activating group) is 1. The molecule has 1 N–H and O–H groups in total. The summed E-state index contributed by atoms with van der Waals surface area (Å²) in [5.74, 6) is 0.797. The van der Waals surface area contributed by atoms with Crippen LogP contribution in [0.25, 0.3) is 0 Å². The van der Waals surface area contributed by atoms with Gasteiger partial charge in [-0.15, -0.1) is 6.58 Å². The normalized spacial score (nSPS) is 10.3. The second-order valence-electron chi connectivity index (χ2n) is 3.99. The van der Waals surface area contributed by atoms with Crippen molar-refractivity contribution in [3.63, 3.8) is 0 Å². The highest BCUT2D eigenvalue weighted by atomic mass is 35.5. The maximum Gasteiger partial charge on any atom is 0.147 e. The minimum absolute atomic E-state index is 0.685.